The fraction of sp³-hybridized carbons (Fsp3) is 0. The third kappa shape index (κ3) is 2.37. The van der Waals surface area contributed by atoms with Crippen LogP contribution in [0.15, 0.2) is 97.1 Å². The Bertz CT molecular complexity index is 1300. The molecule has 0 aliphatic heterocycles. The average molecular weight is 332 g/mol. The Morgan fingerprint density at radius 1 is 0.462 bits per heavy atom. The van der Waals surface area contributed by atoms with Crippen LogP contribution in [0, 0.1) is 0 Å². The van der Waals surface area contributed by atoms with Gasteiger partial charge in [0.2, 0.25) is 0 Å². The van der Waals surface area contributed by atoms with Gasteiger partial charge in [-0.3, -0.25) is 4.79 Å². The molecule has 5 rings (SSSR count). The van der Waals surface area contributed by atoms with Gasteiger partial charge in [0.15, 0.2) is 5.78 Å². The van der Waals surface area contributed by atoms with E-state index < -0.39 is 0 Å². The third-order valence-corrected chi connectivity index (χ3v) is 5.02. The molecule has 0 aliphatic carbocycles. The maximum Gasteiger partial charge on any atom is 0.193 e. The van der Waals surface area contributed by atoms with Crippen LogP contribution in [0.25, 0.3) is 32.3 Å². The van der Waals surface area contributed by atoms with E-state index in [9.17, 15) is 4.79 Å². The first-order chi connectivity index (χ1) is 12.8. The third-order valence-electron chi connectivity index (χ3n) is 5.02. The van der Waals surface area contributed by atoms with Crippen LogP contribution in [0.1, 0.15) is 15.9 Å². The number of fused-ring (bicyclic) bond motifs is 4. The summed E-state index contributed by atoms with van der Waals surface area (Å²) < 4.78 is 0. The normalized spacial score (nSPS) is 11.2. The van der Waals surface area contributed by atoms with E-state index in [0.29, 0.717) is 0 Å². The summed E-state index contributed by atoms with van der Waals surface area (Å²) in [6.45, 7) is 0. The molecular weight excluding hydrogens is 316 g/mol. The van der Waals surface area contributed by atoms with Gasteiger partial charge in [-0.2, -0.15) is 0 Å². The molecule has 0 amide bonds. The molecule has 0 fully saturated rings. The maximum atomic E-state index is 13.0. The lowest BCUT2D eigenvalue weighted by Crippen LogP contribution is -2.01. The summed E-state index contributed by atoms with van der Waals surface area (Å²) >= 11 is 0. The number of carbonyl (C=O) groups is 1. The van der Waals surface area contributed by atoms with Crippen LogP contribution in [0.5, 0.6) is 0 Å². The van der Waals surface area contributed by atoms with E-state index in [4.69, 9.17) is 0 Å². The Morgan fingerprint density at radius 2 is 1.00 bits per heavy atom. The van der Waals surface area contributed by atoms with Gasteiger partial charge in [0.1, 0.15) is 0 Å². The molecule has 26 heavy (non-hydrogen) atoms. The first-order valence-corrected chi connectivity index (χ1v) is 8.75. The molecule has 1 nitrogen and oxygen atoms in total. The fourth-order valence-corrected chi connectivity index (χ4v) is 3.65. The Morgan fingerprint density at radius 3 is 1.85 bits per heavy atom. The fourth-order valence-electron chi connectivity index (χ4n) is 3.65. The van der Waals surface area contributed by atoms with Crippen LogP contribution in [0.3, 0.4) is 0 Å². The Balaban J connectivity index is 1.63. The zero-order chi connectivity index (χ0) is 17.5. The van der Waals surface area contributed by atoms with E-state index in [1.807, 2.05) is 54.6 Å². The Kier molecular flexibility index (Phi) is 3.32. The van der Waals surface area contributed by atoms with Crippen molar-refractivity contribution in [2.24, 2.45) is 0 Å². The quantitative estimate of drug-likeness (QED) is 0.271. The van der Waals surface area contributed by atoms with Crippen LogP contribution in [0.4, 0.5) is 0 Å². The molecule has 0 spiro atoms. The van der Waals surface area contributed by atoms with Crippen molar-refractivity contribution in [1.82, 2.24) is 0 Å². The first-order valence-electron chi connectivity index (χ1n) is 8.75. The first kappa shape index (κ1) is 14.9. The van der Waals surface area contributed by atoms with Crippen LogP contribution < -0.4 is 0 Å². The van der Waals surface area contributed by atoms with Crippen LogP contribution in [-0.4, -0.2) is 5.78 Å². The van der Waals surface area contributed by atoms with Gasteiger partial charge in [-0.05, 0) is 44.5 Å². The molecule has 5 aromatic carbocycles. The van der Waals surface area contributed by atoms with Crippen LogP contribution in [-0.2, 0) is 0 Å². The van der Waals surface area contributed by atoms with Crippen molar-refractivity contribution in [3.8, 4) is 0 Å². The highest BCUT2D eigenvalue weighted by Crippen LogP contribution is 2.27. The van der Waals surface area contributed by atoms with E-state index in [1.165, 1.54) is 16.2 Å². The average Bonchev–Trinajstić information content (AvgIpc) is 2.72. The molecule has 122 valence electrons. The van der Waals surface area contributed by atoms with Crippen molar-refractivity contribution < 1.29 is 4.79 Å². The van der Waals surface area contributed by atoms with E-state index in [-0.39, 0.29) is 5.78 Å². The van der Waals surface area contributed by atoms with Gasteiger partial charge >= 0.3 is 0 Å². The number of carbonyl (C=O) groups excluding carboxylic acids is 1. The van der Waals surface area contributed by atoms with Crippen LogP contribution in [0.2, 0.25) is 0 Å². The summed E-state index contributed by atoms with van der Waals surface area (Å²) in [4.78, 5) is 13.0. The van der Waals surface area contributed by atoms with Crippen molar-refractivity contribution in [2.45, 2.75) is 0 Å². The minimum Gasteiger partial charge on any atom is -0.289 e. The van der Waals surface area contributed by atoms with Crippen LogP contribution >= 0.6 is 0 Å². The lowest BCUT2D eigenvalue weighted by atomic mass is 9.96. The molecule has 0 saturated carbocycles. The smallest absolute Gasteiger partial charge is 0.193 e. The zero-order valence-electron chi connectivity index (χ0n) is 14.1. The number of rotatable bonds is 2. The number of benzene rings is 5. The zero-order valence-corrected chi connectivity index (χ0v) is 14.1. The second kappa shape index (κ2) is 5.82. The van der Waals surface area contributed by atoms with Gasteiger partial charge in [-0.25, -0.2) is 0 Å². The van der Waals surface area contributed by atoms with Gasteiger partial charge in [0.05, 0.1) is 0 Å². The van der Waals surface area contributed by atoms with Gasteiger partial charge in [-0.1, -0.05) is 84.9 Å². The summed E-state index contributed by atoms with van der Waals surface area (Å²) in [6, 6.07) is 32.6. The predicted molar refractivity (Wildman–Crippen MR) is 109 cm³/mol. The Hall–Kier alpha value is -3.45. The topological polar surface area (TPSA) is 17.1 Å². The SMILES string of the molecule is O=C(c1ccc2ccccc2c1)c1ccc2c(ccc3ccccc32)c1. The highest BCUT2D eigenvalue weighted by Gasteiger charge is 2.11. The summed E-state index contributed by atoms with van der Waals surface area (Å²) in [7, 11) is 0. The van der Waals surface area contributed by atoms with Crippen molar-refractivity contribution in [3.63, 3.8) is 0 Å². The van der Waals surface area contributed by atoms with E-state index >= 15 is 0 Å². The minimum atomic E-state index is 0.0609. The molecule has 0 heterocycles. The largest absolute Gasteiger partial charge is 0.289 e. The predicted octanol–water partition coefficient (Wildman–Crippen LogP) is 6.38. The molecule has 1 heteroatoms. The molecule has 0 aromatic heterocycles. The maximum absolute atomic E-state index is 13.0. The molecule has 0 saturated heterocycles. The van der Waals surface area contributed by atoms with Gasteiger partial charge < -0.3 is 0 Å². The summed E-state index contributed by atoms with van der Waals surface area (Å²) in [5, 5.41) is 6.94. The standard InChI is InChI=1S/C25H16O/c26-25(21-12-9-17-5-1-2-7-19(17)15-21)22-13-14-24-20(16-22)11-10-18-6-3-4-8-23(18)24/h1-16H. The summed E-state index contributed by atoms with van der Waals surface area (Å²) in [6.07, 6.45) is 0. The lowest BCUT2D eigenvalue weighted by Gasteiger charge is -2.07. The van der Waals surface area contributed by atoms with E-state index in [2.05, 4.69) is 42.5 Å². The molecule has 0 N–H and O–H groups in total. The van der Waals surface area contributed by atoms with Crippen molar-refractivity contribution >= 4 is 38.1 Å². The Labute approximate surface area is 151 Å². The highest BCUT2D eigenvalue weighted by atomic mass is 16.1. The molecule has 0 atom stereocenters. The van der Waals surface area contributed by atoms with Gasteiger partial charge in [0.25, 0.3) is 0 Å². The number of hydrogen-bond donors (Lipinski definition) is 0. The van der Waals surface area contributed by atoms with Gasteiger partial charge in [0, 0.05) is 11.1 Å². The summed E-state index contributed by atoms with van der Waals surface area (Å²) in [5.41, 5.74) is 1.45. The molecular formula is C25H16O. The second-order valence-corrected chi connectivity index (χ2v) is 6.61. The lowest BCUT2D eigenvalue weighted by molar-refractivity contribution is 0.103. The molecule has 0 radical (unpaired) electrons. The monoisotopic (exact) mass is 332 g/mol. The molecule has 0 unspecified atom stereocenters. The highest BCUT2D eigenvalue weighted by molar-refractivity contribution is 6.14. The van der Waals surface area contributed by atoms with Crippen molar-refractivity contribution in [1.29, 1.82) is 0 Å². The summed E-state index contributed by atoms with van der Waals surface area (Å²) in [5.74, 6) is 0.0609. The molecule has 0 aliphatic rings. The van der Waals surface area contributed by atoms with Gasteiger partial charge in [-0.15, -0.1) is 0 Å². The van der Waals surface area contributed by atoms with Crippen molar-refractivity contribution in [2.75, 3.05) is 0 Å². The number of hydrogen-bond acceptors (Lipinski definition) is 1. The molecule has 5 aromatic rings. The second-order valence-electron chi connectivity index (χ2n) is 6.61. The van der Waals surface area contributed by atoms with E-state index in [0.717, 1.165) is 27.3 Å². The van der Waals surface area contributed by atoms with E-state index in [1.54, 1.807) is 0 Å². The number of ketones is 1. The minimum absolute atomic E-state index is 0.0609. The molecule has 0 bridgehead atoms. The van der Waals surface area contributed by atoms with Crippen molar-refractivity contribution in [3.05, 3.63) is 108 Å².